The minimum Gasteiger partial charge on any atom is -0.484 e. The number of halogens is 1. The van der Waals surface area contributed by atoms with Crippen molar-refractivity contribution in [1.82, 2.24) is 10.2 Å². The SMILES string of the molecule is NC(=O)COc1ccc(C(=O)NC2CN(Cc3ccc(F)cc3)CCCC2O)cc1. The second-order valence-corrected chi connectivity index (χ2v) is 7.43. The maximum atomic E-state index is 13.1. The number of nitrogens with two attached hydrogens (primary N) is 1. The summed E-state index contributed by atoms with van der Waals surface area (Å²) in [5.41, 5.74) is 6.44. The molecule has 0 bridgehead atoms. The maximum Gasteiger partial charge on any atom is 0.255 e. The topological polar surface area (TPSA) is 105 Å². The first-order valence-corrected chi connectivity index (χ1v) is 9.87. The third-order valence-corrected chi connectivity index (χ3v) is 5.03. The van der Waals surface area contributed by atoms with E-state index in [-0.39, 0.29) is 18.3 Å². The Bertz CT molecular complexity index is 858. The van der Waals surface area contributed by atoms with Crippen LogP contribution in [-0.2, 0) is 11.3 Å². The number of rotatable bonds is 7. The minimum atomic E-state index is -0.648. The van der Waals surface area contributed by atoms with Crippen molar-refractivity contribution in [2.75, 3.05) is 19.7 Å². The number of aliphatic hydroxyl groups is 1. The van der Waals surface area contributed by atoms with Crippen molar-refractivity contribution in [1.29, 1.82) is 0 Å². The number of benzene rings is 2. The fourth-order valence-corrected chi connectivity index (χ4v) is 3.46. The average Bonchev–Trinajstić information content (AvgIpc) is 2.89. The predicted molar refractivity (Wildman–Crippen MR) is 109 cm³/mol. The van der Waals surface area contributed by atoms with E-state index in [1.54, 1.807) is 36.4 Å². The molecule has 2 amide bonds. The molecular formula is C22H26FN3O4. The van der Waals surface area contributed by atoms with E-state index in [1.807, 2.05) is 0 Å². The smallest absolute Gasteiger partial charge is 0.255 e. The lowest BCUT2D eigenvalue weighted by atomic mass is 10.1. The van der Waals surface area contributed by atoms with Crippen LogP contribution in [0, 0.1) is 5.82 Å². The molecule has 0 aromatic heterocycles. The van der Waals surface area contributed by atoms with Gasteiger partial charge in [-0.1, -0.05) is 12.1 Å². The van der Waals surface area contributed by atoms with Crippen molar-refractivity contribution in [3.63, 3.8) is 0 Å². The molecule has 30 heavy (non-hydrogen) atoms. The Labute approximate surface area is 174 Å². The Balaban J connectivity index is 1.60. The van der Waals surface area contributed by atoms with Gasteiger partial charge in [0.15, 0.2) is 6.61 Å². The van der Waals surface area contributed by atoms with Crippen LogP contribution in [0.25, 0.3) is 0 Å². The molecule has 4 N–H and O–H groups in total. The van der Waals surface area contributed by atoms with Crippen LogP contribution in [0.2, 0.25) is 0 Å². The number of hydrogen-bond donors (Lipinski definition) is 3. The lowest BCUT2D eigenvalue weighted by Gasteiger charge is -2.27. The largest absolute Gasteiger partial charge is 0.484 e. The summed E-state index contributed by atoms with van der Waals surface area (Å²) in [6.07, 6.45) is 0.746. The molecule has 160 valence electrons. The van der Waals surface area contributed by atoms with Crippen LogP contribution in [0.3, 0.4) is 0 Å². The predicted octanol–water partition coefficient (Wildman–Crippen LogP) is 1.45. The van der Waals surface area contributed by atoms with Crippen LogP contribution in [-0.4, -0.2) is 53.7 Å². The van der Waals surface area contributed by atoms with Gasteiger partial charge in [0.2, 0.25) is 0 Å². The van der Waals surface area contributed by atoms with Crippen molar-refractivity contribution in [2.24, 2.45) is 5.73 Å². The fraction of sp³-hybridized carbons (Fsp3) is 0.364. The van der Waals surface area contributed by atoms with E-state index >= 15 is 0 Å². The minimum absolute atomic E-state index is 0.232. The molecule has 1 heterocycles. The number of likely N-dealkylation sites (tertiary alicyclic amines) is 1. The quantitative estimate of drug-likeness (QED) is 0.635. The number of nitrogens with zero attached hydrogens (tertiary/aromatic N) is 1. The number of ether oxygens (including phenoxy) is 1. The van der Waals surface area contributed by atoms with Gasteiger partial charge >= 0.3 is 0 Å². The summed E-state index contributed by atoms with van der Waals surface area (Å²) in [4.78, 5) is 25.6. The molecule has 0 radical (unpaired) electrons. The standard InChI is InChI=1S/C22H26FN3O4/c23-17-7-3-15(4-8-17)12-26-11-1-2-20(27)19(13-26)25-22(29)16-5-9-18(10-6-16)30-14-21(24)28/h3-10,19-20,27H,1-2,11-14H2,(H2,24,28)(H,25,29). The summed E-state index contributed by atoms with van der Waals surface area (Å²) < 4.78 is 18.3. The van der Waals surface area contributed by atoms with Crippen molar-refractivity contribution < 1.29 is 23.8 Å². The number of carbonyl (C=O) groups excluding carboxylic acids is 2. The first-order chi connectivity index (χ1) is 14.4. The van der Waals surface area contributed by atoms with Crippen molar-refractivity contribution in [3.8, 4) is 5.75 Å². The van der Waals surface area contributed by atoms with Gasteiger partial charge in [0, 0.05) is 18.7 Å². The molecule has 8 heteroatoms. The summed E-state index contributed by atoms with van der Waals surface area (Å²) in [6.45, 7) is 1.66. The molecule has 7 nitrogen and oxygen atoms in total. The highest BCUT2D eigenvalue weighted by molar-refractivity contribution is 5.94. The average molecular weight is 415 g/mol. The molecule has 3 rings (SSSR count). The van der Waals surface area contributed by atoms with Gasteiger partial charge in [-0.05, 0) is 61.3 Å². The molecular weight excluding hydrogens is 389 g/mol. The van der Waals surface area contributed by atoms with Crippen LogP contribution in [0.15, 0.2) is 48.5 Å². The Morgan fingerprint density at radius 3 is 2.53 bits per heavy atom. The zero-order valence-corrected chi connectivity index (χ0v) is 16.6. The second-order valence-electron chi connectivity index (χ2n) is 7.43. The van der Waals surface area contributed by atoms with E-state index in [2.05, 4.69) is 10.2 Å². The van der Waals surface area contributed by atoms with Gasteiger partial charge in [-0.25, -0.2) is 4.39 Å². The molecule has 0 spiro atoms. The Hall–Kier alpha value is -2.97. The summed E-state index contributed by atoms with van der Waals surface area (Å²) in [5.74, 6) is -0.722. The molecule has 2 aromatic rings. The number of nitrogens with one attached hydrogen (secondary N) is 1. The first-order valence-electron chi connectivity index (χ1n) is 9.87. The van der Waals surface area contributed by atoms with Gasteiger partial charge in [-0.2, -0.15) is 0 Å². The van der Waals surface area contributed by atoms with E-state index in [1.165, 1.54) is 12.1 Å². The first kappa shape index (κ1) is 21.7. The van der Waals surface area contributed by atoms with Gasteiger partial charge < -0.3 is 20.9 Å². The Kier molecular flexibility index (Phi) is 7.37. The van der Waals surface area contributed by atoms with Crippen LogP contribution in [0.1, 0.15) is 28.8 Å². The lowest BCUT2D eigenvalue weighted by Crippen LogP contribution is -2.48. The summed E-state index contributed by atoms with van der Waals surface area (Å²) >= 11 is 0. The van der Waals surface area contributed by atoms with Gasteiger partial charge in [0.1, 0.15) is 11.6 Å². The zero-order chi connectivity index (χ0) is 21.5. The summed E-state index contributed by atoms with van der Waals surface area (Å²) in [6, 6.07) is 12.3. The third-order valence-electron chi connectivity index (χ3n) is 5.03. The third kappa shape index (κ3) is 6.27. The number of carbonyl (C=O) groups is 2. The fourth-order valence-electron chi connectivity index (χ4n) is 3.46. The van der Waals surface area contributed by atoms with Gasteiger partial charge in [-0.3, -0.25) is 14.5 Å². The van der Waals surface area contributed by atoms with E-state index in [9.17, 15) is 19.1 Å². The van der Waals surface area contributed by atoms with Gasteiger partial charge in [-0.15, -0.1) is 0 Å². The lowest BCUT2D eigenvalue weighted by molar-refractivity contribution is -0.119. The summed E-state index contributed by atoms with van der Waals surface area (Å²) in [5, 5.41) is 13.4. The highest BCUT2D eigenvalue weighted by atomic mass is 19.1. The normalized spacial score (nSPS) is 19.7. The summed E-state index contributed by atoms with van der Waals surface area (Å²) in [7, 11) is 0. The molecule has 0 saturated carbocycles. The van der Waals surface area contributed by atoms with E-state index < -0.39 is 18.1 Å². The number of primary amides is 1. The second kappa shape index (κ2) is 10.2. The molecule has 2 unspecified atom stereocenters. The molecule has 1 fully saturated rings. The number of aliphatic hydroxyl groups excluding tert-OH is 1. The number of amides is 2. The highest BCUT2D eigenvalue weighted by Gasteiger charge is 2.27. The van der Waals surface area contributed by atoms with E-state index in [4.69, 9.17) is 10.5 Å². The Morgan fingerprint density at radius 1 is 1.17 bits per heavy atom. The van der Waals surface area contributed by atoms with Crippen LogP contribution in [0.4, 0.5) is 4.39 Å². The van der Waals surface area contributed by atoms with Crippen LogP contribution < -0.4 is 15.8 Å². The highest BCUT2D eigenvalue weighted by Crippen LogP contribution is 2.17. The van der Waals surface area contributed by atoms with Crippen LogP contribution in [0.5, 0.6) is 5.75 Å². The number of hydrogen-bond acceptors (Lipinski definition) is 5. The maximum absolute atomic E-state index is 13.1. The molecule has 2 aromatic carbocycles. The molecule has 1 aliphatic rings. The van der Waals surface area contributed by atoms with E-state index in [0.717, 1.165) is 18.5 Å². The molecule has 0 aliphatic carbocycles. The molecule has 2 atom stereocenters. The van der Waals surface area contributed by atoms with Gasteiger partial charge in [0.05, 0.1) is 12.1 Å². The monoisotopic (exact) mass is 415 g/mol. The van der Waals surface area contributed by atoms with Crippen LogP contribution >= 0.6 is 0 Å². The van der Waals surface area contributed by atoms with Gasteiger partial charge in [0.25, 0.3) is 11.8 Å². The van der Waals surface area contributed by atoms with Crippen molar-refractivity contribution >= 4 is 11.8 Å². The molecule has 1 saturated heterocycles. The molecule has 1 aliphatic heterocycles. The zero-order valence-electron chi connectivity index (χ0n) is 16.6. The van der Waals surface area contributed by atoms with Crippen molar-refractivity contribution in [2.45, 2.75) is 31.5 Å². The van der Waals surface area contributed by atoms with E-state index in [0.29, 0.717) is 30.8 Å². The van der Waals surface area contributed by atoms with Crippen molar-refractivity contribution in [3.05, 3.63) is 65.5 Å². The Morgan fingerprint density at radius 2 is 1.87 bits per heavy atom.